The maximum Gasteiger partial charge on any atom is 0.322 e. The third kappa shape index (κ3) is 5.04. The third-order valence-electron chi connectivity index (χ3n) is 3.36. The lowest BCUT2D eigenvalue weighted by molar-refractivity contribution is -0.140. The number of hydrogen-bond acceptors (Lipinski definition) is 3. The van der Waals surface area contributed by atoms with Crippen LogP contribution in [0.5, 0.6) is 0 Å². The summed E-state index contributed by atoms with van der Waals surface area (Å²) in [6.45, 7) is 10.00. The highest BCUT2D eigenvalue weighted by Crippen LogP contribution is 2.28. The molecule has 0 aliphatic carbocycles. The Morgan fingerprint density at radius 1 is 1.53 bits per heavy atom. The summed E-state index contributed by atoms with van der Waals surface area (Å²) >= 11 is 0. The normalized spacial score (nSPS) is 22.3. The lowest BCUT2D eigenvalue weighted by Crippen LogP contribution is -2.50. The molecule has 100 valence electrons. The Balaban J connectivity index is 2.46. The first kappa shape index (κ1) is 14.5. The van der Waals surface area contributed by atoms with Crippen LogP contribution >= 0.6 is 0 Å². The van der Waals surface area contributed by atoms with Crippen molar-refractivity contribution in [2.24, 2.45) is 5.41 Å². The van der Waals surface area contributed by atoms with Gasteiger partial charge >= 0.3 is 5.97 Å². The summed E-state index contributed by atoms with van der Waals surface area (Å²) in [6.07, 6.45) is 3.38. The zero-order chi connectivity index (χ0) is 12.9. The lowest BCUT2D eigenvalue weighted by Gasteiger charge is -2.39. The van der Waals surface area contributed by atoms with Crippen LogP contribution in [-0.4, -0.2) is 48.2 Å². The first-order valence-electron chi connectivity index (χ1n) is 6.63. The van der Waals surface area contributed by atoms with Crippen LogP contribution < -0.4 is 5.32 Å². The first-order valence-corrected chi connectivity index (χ1v) is 6.63. The van der Waals surface area contributed by atoms with Crippen molar-refractivity contribution in [1.29, 1.82) is 0 Å². The minimum absolute atomic E-state index is 0.325. The van der Waals surface area contributed by atoms with Crippen molar-refractivity contribution >= 4 is 5.97 Å². The largest absolute Gasteiger partial charge is 0.480 e. The molecule has 4 heteroatoms. The molecule has 1 aliphatic rings. The summed E-state index contributed by atoms with van der Waals surface area (Å²) in [4.78, 5) is 13.4. The Hall–Kier alpha value is -0.610. The monoisotopic (exact) mass is 242 g/mol. The van der Waals surface area contributed by atoms with Gasteiger partial charge in [0, 0.05) is 13.1 Å². The van der Waals surface area contributed by atoms with Gasteiger partial charge in [-0.25, -0.2) is 0 Å². The van der Waals surface area contributed by atoms with Crippen LogP contribution in [-0.2, 0) is 4.79 Å². The van der Waals surface area contributed by atoms with Gasteiger partial charge in [0.25, 0.3) is 0 Å². The van der Waals surface area contributed by atoms with Gasteiger partial charge < -0.3 is 15.3 Å². The van der Waals surface area contributed by atoms with Crippen LogP contribution in [0.1, 0.15) is 40.0 Å². The van der Waals surface area contributed by atoms with Crippen molar-refractivity contribution in [3.05, 3.63) is 0 Å². The molecule has 17 heavy (non-hydrogen) atoms. The van der Waals surface area contributed by atoms with Crippen molar-refractivity contribution < 1.29 is 9.90 Å². The van der Waals surface area contributed by atoms with Gasteiger partial charge in [-0.3, -0.25) is 4.79 Å². The molecule has 0 aromatic rings. The molecule has 0 saturated carbocycles. The lowest BCUT2D eigenvalue weighted by atomic mass is 9.84. The molecule has 0 aromatic carbocycles. The van der Waals surface area contributed by atoms with Gasteiger partial charge in [0.2, 0.25) is 0 Å². The maximum absolute atomic E-state index is 11.2. The molecule has 4 nitrogen and oxygen atoms in total. The Morgan fingerprint density at radius 3 is 2.76 bits per heavy atom. The van der Waals surface area contributed by atoms with Gasteiger partial charge in [-0.05, 0) is 37.8 Å². The van der Waals surface area contributed by atoms with Crippen molar-refractivity contribution in [2.75, 3.05) is 26.2 Å². The second kappa shape index (κ2) is 6.36. The highest BCUT2D eigenvalue weighted by Gasteiger charge is 2.29. The summed E-state index contributed by atoms with van der Waals surface area (Å²) in [7, 11) is 0. The van der Waals surface area contributed by atoms with E-state index in [-0.39, 0.29) is 0 Å². The number of carboxylic acid groups (broad SMARTS) is 1. The quantitative estimate of drug-likeness (QED) is 0.742. The van der Waals surface area contributed by atoms with Crippen molar-refractivity contribution in [1.82, 2.24) is 10.2 Å². The van der Waals surface area contributed by atoms with E-state index < -0.39 is 12.0 Å². The highest BCUT2D eigenvalue weighted by atomic mass is 16.4. The summed E-state index contributed by atoms with van der Waals surface area (Å²) in [5.41, 5.74) is 0.325. The molecule has 1 saturated heterocycles. The fourth-order valence-corrected chi connectivity index (χ4v) is 2.51. The Bertz CT molecular complexity index is 254. The van der Waals surface area contributed by atoms with Gasteiger partial charge in [0.1, 0.15) is 6.04 Å². The van der Waals surface area contributed by atoms with E-state index in [0.29, 0.717) is 12.0 Å². The SMILES string of the molecule is CCCNC(CN1CCCC(C)(C)C1)C(=O)O. The van der Waals surface area contributed by atoms with Crippen LogP contribution in [0.25, 0.3) is 0 Å². The molecule has 1 unspecified atom stereocenters. The van der Waals surface area contributed by atoms with E-state index in [1.54, 1.807) is 0 Å². The van der Waals surface area contributed by atoms with E-state index >= 15 is 0 Å². The molecule has 1 aliphatic heterocycles. The average molecular weight is 242 g/mol. The summed E-state index contributed by atoms with van der Waals surface area (Å²) in [5, 5.41) is 12.3. The standard InChI is InChI=1S/C13H26N2O2/c1-4-7-14-11(12(16)17)9-15-8-5-6-13(2,3)10-15/h11,14H,4-10H2,1-3H3,(H,16,17). The Kier molecular flexibility index (Phi) is 5.40. The van der Waals surface area contributed by atoms with Crippen molar-refractivity contribution in [2.45, 2.75) is 46.1 Å². The fraction of sp³-hybridized carbons (Fsp3) is 0.923. The number of aliphatic carboxylic acids is 1. The summed E-state index contributed by atoms with van der Waals surface area (Å²) < 4.78 is 0. The van der Waals surface area contributed by atoms with Gasteiger partial charge in [0.15, 0.2) is 0 Å². The number of hydrogen-bond donors (Lipinski definition) is 2. The second-order valence-electron chi connectivity index (χ2n) is 5.85. The average Bonchev–Trinajstić information content (AvgIpc) is 2.22. The molecule has 1 rings (SSSR count). The van der Waals surface area contributed by atoms with Gasteiger partial charge in [-0.2, -0.15) is 0 Å². The van der Waals surface area contributed by atoms with Crippen LogP contribution in [0.2, 0.25) is 0 Å². The topological polar surface area (TPSA) is 52.6 Å². The van der Waals surface area contributed by atoms with E-state index in [9.17, 15) is 9.90 Å². The van der Waals surface area contributed by atoms with E-state index in [0.717, 1.165) is 26.1 Å². The number of likely N-dealkylation sites (tertiary alicyclic amines) is 1. The highest BCUT2D eigenvalue weighted by molar-refractivity contribution is 5.73. The van der Waals surface area contributed by atoms with E-state index in [4.69, 9.17) is 0 Å². The van der Waals surface area contributed by atoms with Crippen LogP contribution in [0.15, 0.2) is 0 Å². The number of piperidine rings is 1. The molecule has 0 amide bonds. The van der Waals surface area contributed by atoms with Crippen molar-refractivity contribution in [3.8, 4) is 0 Å². The van der Waals surface area contributed by atoms with E-state index in [1.165, 1.54) is 12.8 Å². The predicted molar refractivity (Wildman–Crippen MR) is 69.2 cm³/mol. The van der Waals surface area contributed by atoms with Crippen molar-refractivity contribution in [3.63, 3.8) is 0 Å². The molecule has 1 heterocycles. The van der Waals surface area contributed by atoms with E-state index in [2.05, 4.69) is 31.0 Å². The molecular weight excluding hydrogens is 216 g/mol. The smallest absolute Gasteiger partial charge is 0.322 e. The van der Waals surface area contributed by atoms with Crippen LogP contribution in [0.3, 0.4) is 0 Å². The van der Waals surface area contributed by atoms with Gasteiger partial charge in [-0.15, -0.1) is 0 Å². The predicted octanol–water partition coefficient (Wildman–Crippen LogP) is 1.56. The molecule has 0 aromatic heterocycles. The molecule has 2 N–H and O–H groups in total. The van der Waals surface area contributed by atoms with Crippen LogP contribution in [0.4, 0.5) is 0 Å². The number of carboxylic acids is 1. The zero-order valence-electron chi connectivity index (χ0n) is 11.3. The summed E-state index contributed by atoms with van der Waals surface area (Å²) in [6, 6.07) is -0.427. The second-order valence-corrected chi connectivity index (χ2v) is 5.85. The number of rotatable bonds is 6. The van der Waals surface area contributed by atoms with Gasteiger partial charge in [0.05, 0.1) is 0 Å². The molecular formula is C13H26N2O2. The number of carbonyl (C=O) groups is 1. The molecule has 1 atom stereocenters. The summed E-state index contributed by atoms with van der Waals surface area (Å²) in [5.74, 6) is -0.734. The molecule has 0 radical (unpaired) electrons. The Labute approximate surface area is 104 Å². The number of nitrogens with zero attached hydrogens (tertiary/aromatic N) is 1. The Morgan fingerprint density at radius 2 is 2.24 bits per heavy atom. The maximum atomic E-state index is 11.2. The fourth-order valence-electron chi connectivity index (χ4n) is 2.51. The van der Waals surface area contributed by atoms with Crippen LogP contribution in [0, 0.1) is 5.41 Å². The molecule has 1 fully saturated rings. The minimum Gasteiger partial charge on any atom is -0.480 e. The van der Waals surface area contributed by atoms with Gasteiger partial charge in [-0.1, -0.05) is 20.8 Å². The molecule has 0 spiro atoms. The number of nitrogens with one attached hydrogen (secondary N) is 1. The minimum atomic E-state index is -0.734. The van der Waals surface area contributed by atoms with E-state index in [1.807, 2.05) is 0 Å². The molecule has 0 bridgehead atoms. The third-order valence-corrected chi connectivity index (χ3v) is 3.36. The first-order chi connectivity index (χ1) is 7.94. The zero-order valence-corrected chi connectivity index (χ0v) is 11.3.